The minimum absolute atomic E-state index is 0.184. The van der Waals surface area contributed by atoms with E-state index in [9.17, 15) is 0 Å². The highest BCUT2D eigenvalue weighted by molar-refractivity contribution is 5.25. The van der Waals surface area contributed by atoms with Crippen LogP contribution in [0.25, 0.3) is 0 Å². The Labute approximate surface area is 100 Å². The number of nitrogens with one attached hydrogen (secondary N) is 1. The number of nitrogens with zero attached hydrogens (tertiary/aromatic N) is 3. The summed E-state index contributed by atoms with van der Waals surface area (Å²) in [5.41, 5.74) is 6.33. The molecule has 2 heterocycles. The van der Waals surface area contributed by atoms with Crippen molar-refractivity contribution >= 4 is 0 Å². The summed E-state index contributed by atoms with van der Waals surface area (Å²) in [6, 6.07) is 3.74. The molecule has 0 saturated heterocycles. The van der Waals surface area contributed by atoms with E-state index in [0.717, 1.165) is 22.6 Å². The molecule has 0 radical (unpaired) electrons. The van der Waals surface area contributed by atoms with Gasteiger partial charge in [0, 0.05) is 18.1 Å². The molecular formula is C12H15N5. The van der Waals surface area contributed by atoms with Crippen LogP contribution in [-0.2, 0) is 0 Å². The first-order valence-electron chi connectivity index (χ1n) is 5.38. The van der Waals surface area contributed by atoms with Crippen molar-refractivity contribution in [2.24, 2.45) is 5.84 Å². The summed E-state index contributed by atoms with van der Waals surface area (Å²) < 4.78 is 0. The lowest BCUT2D eigenvalue weighted by atomic mass is 10.1. The zero-order valence-corrected chi connectivity index (χ0v) is 9.88. The molecule has 0 bridgehead atoms. The molecule has 0 aliphatic carbocycles. The third-order valence-corrected chi connectivity index (χ3v) is 2.53. The molecule has 1 atom stereocenters. The second-order valence-corrected chi connectivity index (χ2v) is 3.92. The van der Waals surface area contributed by atoms with Crippen LogP contribution in [0.1, 0.15) is 28.7 Å². The van der Waals surface area contributed by atoms with Crippen LogP contribution in [0, 0.1) is 13.8 Å². The van der Waals surface area contributed by atoms with Gasteiger partial charge in [0.2, 0.25) is 0 Å². The number of nitrogens with two attached hydrogens (primary N) is 1. The van der Waals surface area contributed by atoms with Crippen molar-refractivity contribution < 1.29 is 0 Å². The lowest BCUT2D eigenvalue weighted by molar-refractivity contribution is 0.614. The molecule has 0 spiro atoms. The Bertz CT molecular complexity index is 432. The van der Waals surface area contributed by atoms with Crippen LogP contribution in [0.4, 0.5) is 0 Å². The zero-order chi connectivity index (χ0) is 12.3. The molecule has 2 aromatic rings. The Morgan fingerprint density at radius 3 is 2.29 bits per heavy atom. The summed E-state index contributed by atoms with van der Waals surface area (Å²) in [5.74, 6) is 5.57. The minimum Gasteiger partial charge on any atom is -0.271 e. The molecule has 17 heavy (non-hydrogen) atoms. The van der Waals surface area contributed by atoms with Crippen molar-refractivity contribution in [2.45, 2.75) is 19.9 Å². The van der Waals surface area contributed by atoms with Gasteiger partial charge in [0.25, 0.3) is 0 Å². The Kier molecular flexibility index (Phi) is 3.41. The predicted octanol–water partition coefficient (Wildman–Crippen LogP) is 1.04. The van der Waals surface area contributed by atoms with Gasteiger partial charge in [0.15, 0.2) is 0 Å². The van der Waals surface area contributed by atoms with Crippen LogP contribution in [0.3, 0.4) is 0 Å². The maximum Gasteiger partial charge on any atom is 0.0911 e. The van der Waals surface area contributed by atoms with E-state index >= 15 is 0 Å². The molecule has 0 fully saturated rings. The fourth-order valence-corrected chi connectivity index (χ4v) is 1.55. The van der Waals surface area contributed by atoms with E-state index in [0.29, 0.717) is 0 Å². The fraction of sp³-hybridized carbons (Fsp3) is 0.250. The van der Waals surface area contributed by atoms with Crippen molar-refractivity contribution in [3.63, 3.8) is 0 Å². The third-order valence-electron chi connectivity index (χ3n) is 2.53. The van der Waals surface area contributed by atoms with Gasteiger partial charge in [-0.05, 0) is 25.5 Å². The summed E-state index contributed by atoms with van der Waals surface area (Å²) in [6.45, 7) is 3.84. The SMILES string of the molecule is Cc1ccc(C(NN)c2cnc(C)cn2)cn1. The highest BCUT2D eigenvalue weighted by Gasteiger charge is 2.14. The topological polar surface area (TPSA) is 76.7 Å². The normalized spacial score (nSPS) is 12.4. The lowest BCUT2D eigenvalue weighted by Gasteiger charge is -2.15. The number of aryl methyl sites for hydroxylation is 2. The maximum atomic E-state index is 5.57. The van der Waals surface area contributed by atoms with Gasteiger partial charge in [-0.1, -0.05) is 6.07 Å². The van der Waals surface area contributed by atoms with Crippen molar-refractivity contribution in [3.05, 3.63) is 53.4 Å². The first-order valence-corrected chi connectivity index (χ1v) is 5.38. The smallest absolute Gasteiger partial charge is 0.0911 e. The van der Waals surface area contributed by atoms with E-state index in [-0.39, 0.29) is 6.04 Å². The van der Waals surface area contributed by atoms with Crippen molar-refractivity contribution in [1.29, 1.82) is 0 Å². The Morgan fingerprint density at radius 1 is 1.00 bits per heavy atom. The van der Waals surface area contributed by atoms with Crippen molar-refractivity contribution in [3.8, 4) is 0 Å². The van der Waals surface area contributed by atoms with Crippen LogP contribution in [0.2, 0.25) is 0 Å². The van der Waals surface area contributed by atoms with E-state index in [1.54, 1.807) is 18.6 Å². The molecule has 1 unspecified atom stereocenters. The van der Waals surface area contributed by atoms with E-state index in [4.69, 9.17) is 5.84 Å². The van der Waals surface area contributed by atoms with Gasteiger partial charge in [0.05, 0.1) is 23.6 Å². The zero-order valence-electron chi connectivity index (χ0n) is 9.88. The van der Waals surface area contributed by atoms with E-state index in [2.05, 4.69) is 20.4 Å². The van der Waals surface area contributed by atoms with Crippen LogP contribution < -0.4 is 11.3 Å². The van der Waals surface area contributed by atoms with Crippen LogP contribution in [-0.4, -0.2) is 15.0 Å². The summed E-state index contributed by atoms with van der Waals surface area (Å²) in [4.78, 5) is 12.8. The summed E-state index contributed by atoms with van der Waals surface area (Å²) >= 11 is 0. The molecule has 2 aromatic heterocycles. The monoisotopic (exact) mass is 229 g/mol. The molecule has 5 heteroatoms. The molecule has 2 rings (SSSR count). The standard InChI is InChI=1S/C12H15N5/c1-8-3-4-10(6-14-8)12(17-13)11-7-15-9(2)5-16-11/h3-7,12,17H,13H2,1-2H3. The molecule has 88 valence electrons. The Morgan fingerprint density at radius 2 is 1.76 bits per heavy atom. The van der Waals surface area contributed by atoms with Gasteiger partial charge in [-0.2, -0.15) is 0 Å². The number of hydrogen-bond acceptors (Lipinski definition) is 5. The first-order chi connectivity index (χ1) is 8.20. The molecule has 0 aliphatic heterocycles. The van der Waals surface area contributed by atoms with Crippen molar-refractivity contribution in [1.82, 2.24) is 20.4 Å². The molecule has 0 saturated carbocycles. The summed E-state index contributed by atoms with van der Waals surface area (Å²) in [7, 11) is 0. The Hall–Kier alpha value is -1.85. The van der Waals surface area contributed by atoms with Gasteiger partial charge in [-0.25, -0.2) is 5.43 Å². The van der Waals surface area contributed by atoms with Gasteiger partial charge in [-0.15, -0.1) is 0 Å². The second-order valence-electron chi connectivity index (χ2n) is 3.92. The molecule has 5 nitrogen and oxygen atoms in total. The van der Waals surface area contributed by atoms with Crippen LogP contribution >= 0.6 is 0 Å². The molecule has 0 aliphatic rings. The highest BCUT2D eigenvalue weighted by atomic mass is 15.2. The Balaban J connectivity index is 2.33. The van der Waals surface area contributed by atoms with E-state index < -0.39 is 0 Å². The molecule has 0 aromatic carbocycles. The number of rotatable bonds is 3. The first kappa shape index (κ1) is 11.6. The predicted molar refractivity (Wildman–Crippen MR) is 64.9 cm³/mol. The van der Waals surface area contributed by atoms with Gasteiger partial charge in [-0.3, -0.25) is 20.8 Å². The maximum absolute atomic E-state index is 5.57. The number of hydrazine groups is 1. The number of hydrogen-bond donors (Lipinski definition) is 2. The van der Waals surface area contributed by atoms with Gasteiger partial charge in [0.1, 0.15) is 0 Å². The number of aromatic nitrogens is 3. The van der Waals surface area contributed by atoms with Gasteiger partial charge < -0.3 is 0 Å². The largest absolute Gasteiger partial charge is 0.271 e. The van der Waals surface area contributed by atoms with E-state index in [1.807, 2.05) is 26.0 Å². The quantitative estimate of drug-likeness (QED) is 0.607. The van der Waals surface area contributed by atoms with Crippen LogP contribution in [0.5, 0.6) is 0 Å². The summed E-state index contributed by atoms with van der Waals surface area (Å²) in [6.07, 6.45) is 5.24. The number of pyridine rings is 1. The fourth-order valence-electron chi connectivity index (χ4n) is 1.55. The third kappa shape index (κ3) is 2.64. The molecular weight excluding hydrogens is 214 g/mol. The highest BCUT2D eigenvalue weighted by Crippen LogP contribution is 2.18. The lowest BCUT2D eigenvalue weighted by Crippen LogP contribution is -2.29. The van der Waals surface area contributed by atoms with Crippen LogP contribution in [0.15, 0.2) is 30.7 Å². The minimum atomic E-state index is -0.184. The van der Waals surface area contributed by atoms with Gasteiger partial charge >= 0.3 is 0 Å². The van der Waals surface area contributed by atoms with E-state index in [1.165, 1.54) is 0 Å². The molecule has 0 amide bonds. The average molecular weight is 229 g/mol. The van der Waals surface area contributed by atoms with Crippen molar-refractivity contribution in [2.75, 3.05) is 0 Å². The average Bonchev–Trinajstić information content (AvgIpc) is 2.35. The summed E-state index contributed by atoms with van der Waals surface area (Å²) in [5, 5.41) is 0. The second kappa shape index (κ2) is 4.99. The molecule has 3 N–H and O–H groups in total.